The second-order valence-electron chi connectivity index (χ2n) is 4.02. The number of aliphatic hydroxyl groups excluding tert-OH is 2. The van der Waals surface area contributed by atoms with Gasteiger partial charge in [0.15, 0.2) is 0 Å². The van der Waals surface area contributed by atoms with Crippen LogP contribution in [0.2, 0.25) is 0 Å². The third-order valence-electron chi connectivity index (χ3n) is 3.04. The lowest BCUT2D eigenvalue weighted by Gasteiger charge is -2.17. The number of esters is 1. The number of ether oxygens (including phenoxy) is 1. The zero-order valence-electron chi connectivity index (χ0n) is 8.01. The molecule has 78 valence electrons. The van der Waals surface area contributed by atoms with Crippen molar-refractivity contribution in [3.63, 3.8) is 0 Å². The lowest BCUT2D eigenvalue weighted by atomic mass is 9.93. The molecule has 0 amide bonds. The van der Waals surface area contributed by atoms with Gasteiger partial charge in [-0.2, -0.15) is 0 Å². The first-order valence-electron chi connectivity index (χ1n) is 4.83. The summed E-state index contributed by atoms with van der Waals surface area (Å²) in [6, 6.07) is 0. The van der Waals surface area contributed by atoms with Crippen molar-refractivity contribution < 1.29 is 19.7 Å². The van der Waals surface area contributed by atoms with Gasteiger partial charge in [0.25, 0.3) is 0 Å². The normalized spacial score (nSPS) is 37.8. The zero-order chi connectivity index (χ0) is 10.3. The second-order valence-corrected chi connectivity index (χ2v) is 4.02. The van der Waals surface area contributed by atoms with E-state index in [0.29, 0.717) is 0 Å². The van der Waals surface area contributed by atoms with Crippen LogP contribution in [0.1, 0.15) is 13.3 Å². The van der Waals surface area contributed by atoms with Crippen LogP contribution < -0.4 is 0 Å². The standard InChI is InChI=1S/C10H14O4/c1-5(4-11)6-2-8-7(10(6)13)3-9(12)14-8/h2,5,7-8,10-11,13H,3-4H2,1H3. The Kier molecular flexibility index (Phi) is 2.33. The van der Waals surface area contributed by atoms with E-state index in [-0.39, 0.29) is 36.9 Å². The van der Waals surface area contributed by atoms with E-state index in [1.807, 2.05) is 6.92 Å². The van der Waals surface area contributed by atoms with Gasteiger partial charge in [0, 0.05) is 18.4 Å². The molecule has 2 rings (SSSR count). The lowest BCUT2D eigenvalue weighted by molar-refractivity contribution is -0.140. The van der Waals surface area contributed by atoms with Gasteiger partial charge in [-0.3, -0.25) is 4.79 Å². The highest BCUT2D eigenvalue weighted by atomic mass is 16.6. The van der Waals surface area contributed by atoms with Gasteiger partial charge in [-0.25, -0.2) is 0 Å². The minimum absolute atomic E-state index is 0.0102. The number of aliphatic hydroxyl groups is 2. The van der Waals surface area contributed by atoms with Gasteiger partial charge in [-0.15, -0.1) is 0 Å². The van der Waals surface area contributed by atoms with E-state index in [1.165, 1.54) is 0 Å². The van der Waals surface area contributed by atoms with Gasteiger partial charge in [0.2, 0.25) is 0 Å². The highest BCUT2D eigenvalue weighted by Crippen LogP contribution is 2.38. The summed E-state index contributed by atoms with van der Waals surface area (Å²) in [7, 11) is 0. The minimum Gasteiger partial charge on any atom is -0.458 e. The van der Waals surface area contributed by atoms with Gasteiger partial charge in [-0.1, -0.05) is 6.92 Å². The van der Waals surface area contributed by atoms with Gasteiger partial charge >= 0.3 is 5.97 Å². The molecular weight excluding hydrogens is 184 g/mol. The predicted octanol–water partition coefficient (Wildman–Crippen LogP) is -0.153. The van der Waals surface area contributed by atoms with Crippen molar-refractivity contribution in [3.8, 4) is 0 Å². The number of carbonyl (C=O) groups is 1. The maximum absolute atomic E-state index is 10.9. The van der Waals surface area contributed by atoms with Crippen molar-refractivity contribution >= 4 is 5.97 Å². The molecule has 0 spiro atoms. The highest BCUT2D eigenvalue weighted by molar-refractivity contribution is 5.73. The summed E-state index contributed by atoms with van der Waals surface area (Å²) >= 11 is 0. The summed E-state index contributed by atoms with van der Waals surface area (Å²) in [6.07, 6.45) is 1.15. The number of hydrogen-bond donors (Lipinski definition) is 2. The van der Waals surface area contributed by atoms with E-state index < -0.39 is 6.10 Å². The summed E-state index contributed by atoms with van der Waals surface area (Å²) in [5, 5.41) is 18.8. The topological polar surface area (TPSA) is 66.8 Å². The molecule has 4 nitrogen and oxygen atoms in total. The van der Waals surface area contributed by atoms with Crippen molar-refractivity contribution in [2.75, 3.05) is 6.61 Å². The Morgan fingerprint density at radius 3 is 3.00 bits per heavy atom. The molecule has 0 bridgehead atoms. The molecule has 2 N–H and O–H groups in total. The SMILES string of the molecule is CC(CO)C1=CC2OC(=O)CC2C1O. The number of rotatable bonds is 2. The Labute approximate surface area is 82.2 Å². The Bertz CT molecular complexity index is 284. The van der Waals surface area contributed by atoms with Crippen LogP contribution in [-0.2, 0) is 9.53 Å². The summed E-state index contributed by atoms with van der Waals surface area (Å²) < 4.78 is 5.02. The van der Waals surface area contributed by atoms with Gasteiger partial charge in [0.1, 0.15) is 6.10 Å². The van der Waals surface area contributed by atoms with E-state index in [4.69, 9.17) is 9.84 Å². The monoisotopic (exact) mass is 198 g/mol. The minimum atomic E-state index is -0.631. The first-order chi connectivity index (χ1) is 6.63. The van der Waals surface area contributed by atoms with Crippen molar-refractivity contribution in [2.45, 2.75) is 25.6 Å². The molecule has 4 atom stereocenters. The average Bonchev–Trinajstić information content (AvgIpc) is 2.64. The van der Waals surface area contributed by atoms with Crippen LogP contribution in [0, 0.1) is 11.8 Å². The van der Waals surface area contributed by atoms with Crippen LogP contribution in [0.25, 0.3) is 0 Å². The first-order valence-corrected chi connectivity index (χ1v) is 4.83. The molecule has 4 unspecified atom stereocenters. The number of carbonyl (C=O) groups excluding carboxylic acids is 1. The predicted molar refractivity (Wildman–Crippen MR) is 48.3 cm³/mol. The fraction of sp³-hybridized carbons (Fsp3) is 0.700. The molecule has 0 saturated carbocycles. The maximum atomic E-state index is 10.9. The summed E-state index contributed by atoms with van der Waals surface area (Å²) in [5.74, 6) is -0.438. The van der Waals surface area contributed by atoms with Crippen LogP contribution in [-0.4, -0.2) is 35.0 Å². The summed E-state index contributed by atoms with van der Waals surface area (Å²) in [5.41, 5.74) is 0.801. The molecule has 14 heavy (non-hydrogen) atoms. The van der Waals surface area contributed by atoms with Gasteiger partial charge in [-0.05, 0) is 11.6 Å². The Morgan fingerprint density at radius 1 is 1.71 bits per heavy atom. The van der Waals surface area contributed by atoms with Crippen molar-refractivity contribution in [3.05, 3.63) is 11.6 Å². The molecule has 4 heteroatoms. The molecule has 0 aromatic rings. The largest absolute Gasteiger partial charge is 0.458 e. The molecular formula is C10H14O4. The summed E-state index contributed by atoms with van der Waals surface area (Å²) in [4.78, 5) is 10.9. The second kappa shape index (κ2) is 3.37. The molecule has 0 aromatic carbocycles. The van der Waals surface area contributed by atoms with Crippen LogP contribution >= 0.6 is 0 Å². The Morgan fingerprint density at radius 2 is 2.43 bits per heavy atom. The summed E-state index contributed by atoms with van der Waals surface area (Å²) in [6.45, 7) is 1.86. The van der Waals surface area contributed by atoms with Crippen molar-refractivity contribution in [2.24, 2.45) is 11.8 Å². The van der Waals surface area contributed by atoms with Crippen LogP contribution in [0.3, 0.4) is 0 Å². The quantitative estimate of drug-likeness (QED) is 0.478. The first kappa shape index (κ1) is 9.68. The third-order valence-corrected chi connectivity index (χ3v) is 3.04. The molecule has 0 aromatic heterocycles. The fourth-order valence-corrected chi connectivity index (χ4v) is 2.14. The van der Waals surface area contributed by atoms with Crippen LogP contribution in [0.4, 0.5) is 0 Å². The maximum Gasteiger partial charge on any atom is 0.306 e. The van der Waals surface area contributed by atoms with E-state index in [9.17, 15) is 9.90 Å². The number of hydrogen-bond acceptors (Lipinski definition) is 4. The average molecular weight is 198 g/mol. The molecule has 1 aliphatic heterocycles. The highest BCUT2D eigenvalue weighted by Gasteiger charge is 2.45. The fourth-order valence-electron chi connectivity index (χ4n) is 2.14. The van der Waals surface area contributed by atoms with E-state index in [0.717, 1.165) is 5.57 Å². The molecule has 1 heterocycles. The van der Waals surface area contributed by atoms with Crippen LogP contribution in [0.5, 0.6) is 0 Å². The van der Waals surface area contributed by atoms with Gasteiger partial charge < -0.3 is 14.9 Å². The molecule has 1 saturated heterocycles. The molecule has 2 aliphatic rings. The zero-order valence-corrected chi connectivity index (χ0v) is 8.01. The van der Waals surface area contributed by atoms with Gasteiger partial charge in [0.05, 0.1) is 12.5 Å². The molecule has 1 fully saturated rings. The van der Waals surface area contributed by atoms with E-state index >= 15 is 0 Å². The Hall–Kier alpha value is -0.870. The molecule has 0 radical (unpaired) electrons. The van der Waals surface area contributed by atoms with Crippen molar-refractivity contribution in [1.82, 2.24) is 0 Å². The smallest absolute Gasteiger partial charge is 0.306 e. The lowest BCUT2D eigenvalue weighted by Crippen LogP contribution is -2.24. The van der Waals surface area contributed by atoms with Crippen molar-refractivity contribution in [1.29, 1.82) is 0 Å². The third kappa shape index (κ3) is 1.35. The van der Waals surface area contributed by atoms with Crippen LogP contribution in [0.15, 0.2) is 11.6 Å². The Balaban J connectivity index is 2.16. The number of fused-ring (bicyclic) bond motifs is 1. The van der Waals surface area contributed by atoms with E-state index in [2.05, 4.69) is 0 Å². The molecule has 1 aliphatic carbocycles. The van der Waals surface area contributed by atoms with E-state index in [1.54, 1.807) is 6.08 Å².